The molecule has 20 N–H and O–H groups in total. The van der Waals surface area contributed by atoms with Crippen LogP contribution >= 0.6 is 11.8 Å². The highest BCUT2D eigenvalue weighted by Gasteiger charge is 2.40. The molecule has 0 bridgehead atoms. The van der Waals surface area contributed by atoms with E-state index in [1.165, 1.54) is 24.3 Å². The number of benzene rings is 1. The zero-order valence-corrected chi connectivity index (χ0v) is 58.3. The molecule has 2 aliphatic heterocycles. The van der Waals surface area contributed by atoms with Gasteiger partial charge in [0.05, 0.1) is 36.8 Å². The Bertz CT molecular complexity index is 3140. The fraction of sp³-hybridized carbons (Fsp3) is 0.631. The number of imidazole rings is 1. The highest BCUT2D eigenvalue weighted by molar-refractivity contribution is 8.15. The number of nitrogens with two attached hydrogens (primary N) is 3. The Morgan fingerprint density at radius 3 is 1.87 bits per heavy atom. The van der Waals surface area contributed by atoms with Gasteiger partial charge in [0.15, 0.2) is 0 Å². The first-order valence-electron chi connectivity index (χ1n) is 33.6. The summed E-state index contributed by atoms with van der Waals surface area (Å²) in [7, 11) is 0. The van der Waals surface area contributed by atoms with E-state index in [9.17, 15) is 77.3 Å². The van der Waals surface area contributed by atoms with Gasteiger partial charge >= 0.3 is 11.9 Å². The van der Waals surface area contributed by atoms with Gasteiger partial charge < -0.3 is 90.9 Å². The van der Waals surface area contributed by atoms with Crippen LogP contribution in [0.15, 0.2) is 47.8 Å². The maximum absolute atomic E-state index is 14.9. The second-order valence-corrected chi connectivity index (χ2v) is 27.0. The molecule has 34 heteroatoms. The van der Waals surface area contributed by atoms with E-state index >= 15 is 0 Å². The van der Waals surface area contributed by atoms with Gasteiger partial charge in [-0.15, -0.1) is 0 Å². The minimum Gasteiger partial charge on any atom is -0.481 e. The van der Waals surface area contributed by atoms with Crippen molar-refractivity contribution in [3.63, 3.8) is 0 Å². The molecule has 99 heavy (non-hydrogen) atoms. The maximum atomic E-state index is 14.9. The van der Waals surface area contributed by atoms with E-state index in [-0.39, 0.29) is 95.7 Å². The Kier molecular flexibility index (Phi) is 34.4. The van der Waals surface area contributed by atoms with Crippen LogP contribution in [0.4, 0.5) is 0 Å². The van der Waals surface area contributed by atoms with E-state index in [1.807, 2.05) is 27.7 Å². The van der Waals surface area contributed by atoms with Crippen molar-refractivity contribution >= 4 is 99.6 Å². The number of thioether (sulfide) groups is 1. The van der Waals surface area contributed by atoms with Crippen LogP contribution in [0.2, 0.25) is 0 Å². The van der Waals surface area contributed by atoms with Crippen LogP contribution in [-0.2, 0) is 80.0 Å². The molecular formula is C65H101N17O16S. The summed E-state index contributed by atoms with van der Waals surface area (Å²) < 4.78 is 0. The van der Waals surface area contributed by atoms with E-state index in [4.69, 9.17) is 17.2 Å². The van der Waals surface area contributed by atoms with Crippen molar-refractivity contribution in [3.8, 4) is 0 Å². The zero-order chi connectivity index (χ0) is 73.6. The monoisotopic (exact) mass is 1410 g/mol. The molecule has 1 saturated heterocycles. The Morgan fingerprint density at radius 1 is 0.677 bits per heavy atom. The van der Waals surface area contributed by atoms with Gasteiger partial charge in [-0.05, 0) is 80.7 Å². The molecule has 5 unspecified atom stereocenters. The quantitative estimate of drug-likeness (QED) is 0.0400. The average molecular weight is 1410 g/mol. The summed E-state index contributed by atoms with van der Waals surface area (Å²) in [6.07, 6.45) is -0.396. The van der Waals surface area contributed by atoms with Gasteiger partial charge in [0.25, 0.3) is 0 Å². The summed E-state index contributed by atoms with van der Waals surface area (Å²) >= 11 is 1.19. The van der Waals surface area contributed by atoms with Crippen LogP contribution in [0.5, 0.6) is 0 Å². The fourth-order valence-electron chi connectivity index (χ4n) is 10.6. The van der Waals surface area contributed by atoms with E-state index in [2.05, 4.69) is 73.4 Å². The Labute approximate surface area is 579 Å². The fourth-order valence-corrected chi connectivity index (χ4v) is 11.8. The molecule has 2 aromatic rings. The number of carboxylic acid groups (broad SMARTS) is 2. The number of aromatic amines is 1. The van der Waals surface area contributed by atoms with E-state index in [0.717, 1.165) is 0 Å². The number of aliphatic imine (C=N–C) groups is 1. The highest BCUT2D eigenvalue weighted by atomic mass is 32.2. The van der Waals surface area contributed by atoms with Crippen LogP contribution < -0.4 is 75.7 Å². The number of primary amides is 1. The maximum Gasteiger partial charge on any atom is 0.305 e. The number of aromatic nitrogens is 2. The molecule has 33 nitrogen and oxygen atoms in total. The average Bonchev–Trinajstić information content (AvgIpc) is 1.83. The molecule has 3 heterocycles. The SMILES string of the molecule is CC[C@@H](C)[C@@H]1NC(=O)C(CCCN)NC(=O)C(NC(=O)[C@@H](NC(=O)[C@@H](CCC(=O)O)NC(=O)[C@H](CC(C)C)NC(=O)[C@@H]2CN=C([C@@H](N)C(C)C)S2)[C@H](C)CC)CCCCNC(=O)C(CC(N)=O)NC(=O)[C@@H](CC(=O)O)NC(=O)C(Cc2cnc[nH]2)NC(=O)C(Cc2ccccc2)NC1=O. The van der Waals surface area contributed by atoms with Gasteiger partial charge in [-0.25, -0.2) is 4.98 Å². The molecule has 0 spiro atoms. The number of carbonyl (C=O) groups excluding carboxylic acids is 12. The largest absolute Gasteiger partial charge is 0.481 e. The lowest BCUT2D eigenvalue weighted by molar-refractivity contribution is -0.142. The number of carboxylic acids is 2. The number of nitrogens with zero attached hydrogens (tertiary/aromatic N) is 2. The third-order valence-electron chi connectivity index (χ3n) is 16.9. The van der Waals surface area contributed by atoms with Crippen molar-refractivity contribution in [1.29, 1.82) is 0 Å². The predicted octanol–water partition coefficient (Wildman–Crippen LogP) is -2.07. The highest BCUT2D eigenvalue weighted by Crippen LogP contribution is 2.26. The Morgan fingerprint density at radius 2 is 1.28 bits per heavy atom. The van der Waals surface area contributed by atoms with Crippen molar-refractivity contribution in [2.75, 3.05) is 19.6 Å². The summed E-state index contributed by atoms with van der Waals surface area (Å²) in [6.45, 7) is 14.1. The van der Waals surface area contributed by atoms with E-state index in [0.29, 0.717) is 16.3 Å². The standard InChI is InChI=1S/C65H101N17O16S/c1-9-35(7)52(82-57(91)41(21-22-49(84)85)74-58(92)42(25-33(3)4)79-62(96)47-31-71-65(99-47)51(68)34(5)6)63(97)75-39-19-14-15-24-70-54(88)45(28-48(67)83)77-61(95)46(29-50(86)87)78-60(94)44(27-38-30-69-32-72-38)76-59(93)43(26-37-17-12-11-13-18-37)80-64(98)53(36(8)10-2)81-56(90)40(20-16-23-66)73-55(39)89/h11-13,17-18,30,32-36,39-47,51-53H,9-10,14-16,19-29,31,66,68H2,1-8H3,(H2,67,83)(H,69,72)(H,70,88)(H,73,89)(H,74,92)(H,75,97)(H,76,93)(H,77,95)(H,78,94)(H,79,96)(H,80,98)(H,81,90)(H,82,91)(H,84,85)(H,86,87)/t35-,36-,39?,40?,41-,42+,43?,44?,45?,46-,47+,51+,52+,53+/m1/s1. The number of H-pyrrole nitrogens is 1. The number of rotatable bonds is 30. The van der Waals surface area contributed by atoms with Gasteiger partial charge in [-0.1, -0.05) is 110 Å². The summed E-state index contributed by atoms with van der Waals surface area (Å²) in [6, 6.07) is -7.46. The summed E-state index contributed by atoms with van der Waals surface area (Å²) in [4.78, 5) is 206. The van der Waals surface area contributed by atoms with Gasteiger partial charge in [0.2, 0.25) is 70.9 Å². The van der Waals surface area contributed by atoms with Gasteiger partial charge in [0, 0.05) is 37.7 Å². The predicted molar refractivity (Wildman–Crippen MR) is 365 cm³/mol. The van der Waals surface area contributed by atoms with Gasteiger partial charge in [-0.2, -0.15) is 0 Å². The molecule has 1 aromatic heterocycles. The lowest BCUT2D eigenvalue weighted by Gasteiger charge is -2.30. The van der Waals surface area contributed by atoms with Crippen molar-refractivity contribution in [2.45, 2.75) is 217 Å². The van der Waals surface area contributed by atoms with E-state index < -0.39 is 192 Å². The van der Waals surface area contributed by atoms with Crippen LogP contribution in [0, 0.1) is 23.7 Å². The number of nitrogens with one attached hydrogen (secondary N) is 12. The Hall–Kier alpha value is -9.05. The number of aliphatic carboxylic acids is 2. The van der Waals surface area contributed by atoms with Crippen molar-refractivity contribution in [1.82, 2.24) is 68.5 Å². The molecule has 14 atom stereocenters. The van der Waals surface area contributed by atoms with Crippen molar-refractivity contribution < 1.29 is 77.3 Å². The molecule has 0 aliphatic carbocycles. The molecule has 4 rings (SSSR count). The van der Waals surface area contributed by atoms with Crippen LogP contribution in [0.1, 0.15) is 144 Å². The summed E-state index contributed by atoms with van der Waals surface area (Å²) in [5.41, 5.74) is 18.6. The Balaban J connectivity index is 1.77. The van der Waals surface area contributed by atoms with Gasteiger partial charge in [0.1, 0.15) is 65.7 Å². The van der Waals surface area contributed by atoms with E-state index in [1.54, 1.807) is 58.0 Å². The minimum atomic E-state index is -1.94. The molecule has 1 fully saturated rings. The molecule has 12 amide bonds. The van der Waals surface area contributed by atoms with Gasteiger partial charge in [-0.3, -0.25) is 72.1 Å². The topological polar surface area (TPSA) is 531 Å². The van der Waals surface area contributed by atoms with Crippen LogP contribution in [-0.4, -0.2) is 199 Å². The zero-order valence-electron chi connectivity index (χ0n) is 57.4. The first kappa shape index (κ1) is 82.4. The molecule has 548 valence electrons. The molecule has 0 saturated carbocycles. The third-order valence-corrected chi connectivity index (χ3v) is 18.2. The molecule has 2 aliphatic rings. The number of hydrogen-bond acceptors (Lipinski definition) is 19. The van der Waals surface area contributed by atoms with Crippen molar-refractivity contribution in [3.05, 3.63) is 54.1 Å². The summed E-state index contributed by atoms with van der Waals surface area (Å²) in [5, 5.41) is 48.3. The van der Waals surface area contributed by atoms with Crippen molar-refractivity contribution in [2.24, 2.45) is 45.9 Å². The smallest absolute Gasteiger partial charge is 0.305 e. The number of carbonyl (C=O) groups is 14. The number of hydrogen-bond donors (Lipinski definition) is 17. The second-order valence-electron chi connectivity index (χ2n) is 25.8. The van der Waals surface area contributed by atoms with Crippen LogP contribution in [0.25, 0.3) is 0 Å². The molecule has 0 radical (unpaired) electrons. The third kappa shape index (κ3) is 27.7. The molecule has 1 aromatic carbocycles. The lowest BCUT2D eigenvalue weighted by atomic mass is 9.96. The normalized spacial score (nSPS) is 23.0. The lowest BCUT2D eigenvalue weighted by Crippen LogP contribution is -2.62. The first-order valence-corrected chi connectivity index (χ1v) is 34.4. The first-order chi connectivity index (χ1) is 46.8. The molecular weight excluding hydrogens is 1310 g/mol. The number of amides is 12. The second kappa shape index (κ2) is 41.4. The minimum absolute atomic E-state index is 0.00158. The van der Waals surface area contributed by atoms with Crippen LogP contribution in [0.3, 0.4) is 0 Å². The summed E-state index contributed by atoms with van der Waals surface area (Å²) in [5.74, 6) is -15.7.